The fourth-order valence-corrected chi connectivity index (χ4v) is 2.73. The second kappa shape index (κ2) is 6.47. The molecule has 0 radical (unpaired) electrons. The first-order valence-electron chi connectivity index (χ1n) is 7.62. The Morgan fingerprint density at radius 1 is 1.52 bits per heavy atom. The summed E-state index contributed by atoms with van der Waals surface area (Å²) in [6.45, 7) is 5.51. The number of anilines is 1. The highest BCUT2D eigenvalue weighted by atomic mass is 16.1. The van der Waals surface area contributed by atoms with Crippen molar-refractivity contribution in [2.24, 2.45) is 13.0 Å². The van der Waals surface area contributed by atoms with Crippen molar-refractivity contribution in [2.75, 3.05) is 25.5 Å². The molecule has 1 atom stereocenters. The van der Waals surface area contributed by atoms with Crippen molar-refractivity contribution < 1.29 is 4.79 Å². The Hall–Kier alpha value is -1.56. The first-order chi connectivity index (χ1) is 9.93. The fraction of sp³-hybridized carbons (Fsp3) is 0.733. The lowest BCUT2D eigenvalue weighted by atomic mass is 10.1. The van der Waals surface area contributed by atoms with E-state index in [-0.39, 0.29) is 11.8 Å². The number of aryl methyl sites for hydroxylation is 2. The first kappa shape index (κ1) is 15.8. The van der Waals surface area contributed by atoms with Crippen molar-refractivity contribution in [3.8, 4) is 0 Å². The molecule has 1 amide bonds. The van der Waals surface area contributed by atoms with E-state index in [1.54, 1.807) is 7.05 Å². The van der Waals surface area contributed by atoms with Crippen LogP contribution >= 0.6 is 0 Å². The van der Waals surface area contributed by atoms with E-state index in [0.717, 1.165) is 18.1 Å². The van der Waals surface area contributed by atoms with E-state index in [0.29, 0.717) is 12.6 Å². The zero-order valence-corrected chi connectivity index (χ0v) is 13.7. The molecular formula is C15H27N5O. The highest BCUT2D eigenvalue weighted by molar-refractivity contribution is 5.78. The van der Waals surface area contributed by atoms with Crippen LogP contribution in [0.5, 0.6) is 0 Å². The van der Waals surface area contributed by atoms with Gasteiger partial charge in [-0.2, -0.15) is 5.10 Å². The minimum absolute atomic E-state index is 0.0561. The zero-order chi connectivity index (χ0) is 15.6. The third-order valence-corrected chi connectivity index (χ3v) is 4.06. The minimum atomic E-state index is -0.0561. The zero-order valence-electron chi connectivity index (χ0n) is 13.7. The second-order valence-electron chi connectivity index (χ2n) is 6.06. The van der Waals surface area contributed by atoms with Gasteiger partial charge in [0.1, 0.15) is 5.82 Å². The summed E-state index contributed by atoms with van der Waals surface area (Å²) in [6.07, 6.45) is 2.55. The SMILES string of the molecule is CNC(=O)C(C)CN(C)c1c(CNC2CC2)c(C)nn1C. The number of carbonyl (C=O) groups excluding carboxylic acids is 1. The summed E-state index contributed by atoms with van der Waals surface area (Å²) in [5, 5.41) is 10.8. The number of nitrogens with zero attached hydrogens (tertiary/aromatic N) is 3. The van der Waals surface area contributed by atoms with Crippen molar-refractivity contribution in [3.05, 3.63) is 11.3 Å². The van der Waals surface area contributed by atoms with E-state index in [4.69, 9.17) is 0 Å². The Bertz CT molecular complexity index is 506. The molecule has 0 bridgehead atoms. The van der Waals surface area contributed by atoms with E-state index < -0.39 is 0 Å². The van der Waals surface area contributed by atoms with Crippen molar-refractivity contribution >= 4 is 11.7 Å². The number of nitrogens with one attached hydrogen (secondary N) is 2. The van der Waals surface area contributed by atoms with Crippen LogP contribution in [-0.2, 0) is 18.4 Å². The molecule has 0 aromatic carbocycles. The Morgan fingerprint density at radius 3 is 2.76 bits per heavy atom. The van der Waals surface area contributed by atoms with E-state index in [1.165, 1.54) is 18.4 Å². The van der Waals surface area contributed by atoms with Crippen LogP contribution < -0.4 is 15.5 Å². The highest BCUT2D eigenvalue weighted by Crippen LogP contribution is 2.25. The molecule has 1 fully saturated rings. The molecule has 21 heavy (non-hydrogen) atoms. The Morgan fingerprint density at radius 2 is 2.19 bits per heavy atom. The Kier molecular flexibility index (Phi) is 4.88. The predicted molar refractivity (Wildman–Crippen MR) is 84.3 cm³/mol. The van der Waals surface area contributed by atoms with Crippen LogP contribution in [-0.4, -0.2) is 42.4 Å². The van der Waals surface area contributed by atoms with E-state index in [2.05, 4.69) is 20.6 Å². The summed E-state index contributed by atoms with van der Waals surface area (Å²) in [5.41, 5.74) is 2.29. The molecule has 1 aliphatic carbocycles. The number of rotatable bonds is 7. The third kappa shape index (κ3) is 3.75. The van der Waals surface area contributed by atoms with Crippen molar-refractivity contribution in [2.45, 2.75) is 39.3 Å². The lowest BCUT2D eigenvalue weighted by Gasteiger charge is -2.24. The largest absolute Gasteiger partial charge is 0.359 e. The topological polar surface area (TPSA) is 62.2 Å². The molecule has 118 valence electrons. The van der Waals surface area contributed by atoms with Gasteiger partial charge in [0, 0.05) is 45.8 Å². The molecule has 1 heterocycles. The molecule has 2 rings (SSSR count). The number of aromatic nitrogens is 2. The number of amides is 1. The van der Waals surface area contributed by atoms with Gasteiger partial charge in [-0.25, -0.2) is 0 Å². The highest BCUT2D eigenvalue weighted by Gasteiger charge is 2.24. The van der Waals surface area contributed by atoms with Crippen LogP contribution in [0.25, 0.3) is 0 Å². The first-order valence-corrected chi connectivity index (χ1v) is 7.62. The molecule has 1 aromatic rings. The molecule has 2 N–H and O–H groups in total. The van der Waals surface area contributed by atoms with Gasteiger partial charge >= 0.3 is 0 Å². The maximum absolute atomic E-state index is 11.7. The van der Waals surface area contributed by atoms with E-state index in [9.17, 15) is 4.79 Å². The molecule has 1 aliphatic rings. The van der Waals surface area contributed by atoms with Gasteiger partial charge in [0.15, 0.2) is 0 Å². The maximum atomic E-state index is 11.7. The molecular weight excluding hydrogens is 266 g/mol. The molecule has 6 nitrogen and oxygen atoms in total. The molecule has 0 saturated heterocycles. The average molecular weight is 293 g/mol. The summed E-state index contributed by atoms with van der Waals surface area (Å²) in [4.78, 5) is 13.8. The van der Waals surface area contributed by atoms with Crippen LogP contribution in [0.15, 0.2) is 0 Å². The normalized spacial score (nSPS) is 15.9. The van der Waals surface area contributed by atoms with Gasteiger partial charge in [-0.1, -0.05) is 6.92 Å². The van der Waals surface area contributed by atoms with Gasteiger partial charge in [0.05, 0.1) is 11.6 Å². The summed E-state index contributed by atoms with van der Waals surface area (Å²) < 4.78 is 1.91. The smallest absolute Gasteiger partial charge is 0.224 e. The van der Waals surface area contributed by atoms with Crippen LogP contribution in [0.3, 0.4) is 0 Å². The van der Waals surface area contributed by atoms with Crippen molar-refractivity contribution in [1.29, 1.82) is 0 Å². The van der Waals surface area contributed by atoms with Gasteiger partial charge < -0.3 is 15.5 Å². The molecule has 0 aliphatic heterocycles. The van der Waals surface area contributed by atoms with Gasteiger partial charge in [0.2, 0.25) is 5.91 Å². The predicted octanol–water partition coefficient (Wildman–Crippen LogP) is 0.799. The monoisotopic (exact) mass is 293 g/mol. The molecule has 1 saturated carbocycles. The Balaban J connectivity index is 2.10. The summed E-state index contributed by atoms with van der Waals surface area (Å²) in [6, 6.07) is 0.674. The number of hydrogen-bond acceptors (Lipinski definition) is 4. The molecule has 0 spiro atoms. The molecule has 1 aromatic heterocycles. The lowest BCUT2D eigenvalue weighted by Crippen LogP contribution is -2.35. The average Bonchev–Trinajstić information content (AvgIpc) is 3.21. The van der Waals surface area contributed by atoms with Crippen molar-refractivity contribution in [1.82, 2.24) is 20.4 Å². The van der Waals surface area contributed by atoms with Crippen LogP contribution in [0.1, 0.15) is 31.0 Å². The Labute approximate surface area is 126 Å². The second-order valence-corrected chi connectivity index (χ2v) is 6.06. The maximum Gasteiger partial charge on any atom is 0.224 e. The van der Waals surface area contributed by atoms with Crippen LogP contribution in [0.2, 0.25) is 0 Å². The van der Waals surface area contributed by atoms with E-state index in [1.807, 2.05) is 32.6 Å². The standard InChI is InChI=1S/C15H27N5O/c1-10(14(21)16-3)9-19(4)15-13(8-17-12-6-7-12)11(2)18-20(15)5/h10,12,17H,6-9H2,1-5H3,(H,16,21). The van der Waals surface area contributed by atoms with Crippen molar-refractivity contribution in [3.63, 3.8) is 0 Å². The quantitative estimate of drug-likeness (QED) is 0.780. The van der Waals surface area contributed by atoms with Gasteiger partial charge in [-0.05, 0) is 19.8 Å². The lowest BCUT2D eigenvalue weighted by molar-refractivity contribution is -0.123. The molecule has 6 heteroatoms. The minimum Gasteiger partial charge on any atom is -0.359 e. The van der Waals surface area contributed by atoms with Crippen LogP contribution in [0.4, 0.5) is 5.82 Å². The third-order valence-electron chi connectivity index (χ3n) is 4.06. The van der Waals surface area contributed by atoms with Gasteiger partial charge in [-0.15, -0.1) is 0 Å². The summed E-state index contributed by atoms with van der Waals surface area (Å²) >= 11 is 0. The summed E-state index contributed by atoms with van der Waals surface area (Å²) in [5.74, 6) is 1.11. The number of carbonyl (C=O) groups is 1. The van der Waals surface area contributed by atoms with E-state index >= 15 is 0 Å². The summed E-state index contributed by atoms with van der Waals surface area (Å²) in [7, 11) is 5.67. The van der Waals surface area contributed by atoms with Gasteiger partial charge in [0.25, 0.3) is 0 Å². The van der Waals surface area contributed by atoms with Crippen LogP contribution in [0, 0.1) is 12.8 Å². The van der Waals surface area contributed by atoms with Gasteiger partial charge in [-0.3, -0.25) is 9.48 Å². The fourth-order valence-electron chi connectivity index (χ4n) is 2.73. The number of hydrogen-bond donors (Lipinski definition) is 2. The molecule has 1 unspecified atom stereocenters.